The molecule has 0 unspecified atom stereocenters. The largest absolute Gasteiger partial charge is 0.243 e. The topological polar surface area (TPSA) is 37.4 Å². The van der Waals surface area contributed by atoms with Crippen LogP contribution in [0.2, 0.25) is 0 Å². The SMILES string of the molecule is CC(C)(C)c1ccccc1S(=O)(=O)N1CCCC1. The van der Waals surface area contributed by atoms with E-state index in [2.05, 4.69) is 0 Å². The lowest BCUT2D eigenvalue weighted by molar-refractivity contribution is 0.472. The molecule has 1 aromatic rings. The molecule has 0 amide bonds. The van der Waals surface area contributed by atoms with Gasteiger partial charge in [0.15, 0.2) is 0 Å². The van der Waals surface area contributed by atoms with E-state index < -0.39 is 10.0 Å². The third-order valence-corrected chi connectivity index (χ3v) is 5.33. The van der Waals surface area contributed by atoms with Crippen molar-refractivity contribution >= 4 is 10.0 Å². The van der Waals surface area contributed by atoms with Crippen LogP contribution in [0.1, 0.15) is 39.2 Å². The molecule has 0 atom stereocenters. The first-order valence-corrected chi connectivity index (χ1v) is 7.87. The van der Waals surface area contributed by atoms with E-state index in [9.17, 15) is 8.42 Å². The van der Waals surface area contributed by atoms with Crippen LogP contribution in [0.5, 0.6) is 0 Å². The summed E-state index contributed by atoms with van der Waals surface area (Å²) in [6.07, 6.45) is 1.94. The van der Waals surface area contributed by atoms with E-state index in [0.29, 0.717) is 18.0 Å². The molecule has 0 saturated carbocycles. The van der Waals surface area contributed by atoms with E-state index in [4.69, 9.17) is 0 Å². The fourth-order valence-corrected chi connectivity index (χ4v) is 4.30. The van der Waals surface area contributed by atoms with Gasteiger partial charge in [0.1, 0.15) is 0 Å². The van der Waals surface area contributed by atoms with Gasteiger partial charge in [-0.15, -0.1) is 0 Å². The Morgan fingerprint density at radius 2 is 1.61 bits per heavy atom. The zero-order valence-electron chi connectivity index (χ0n) is 11.3. The summed E-state index contributed by atoms with van der Waals surface area (Å²) < 4.78 is 26.9. The first-order valence-electron chi connectivity index (χ1n) is 6.43. The minimum Gasteiger partial charge on any atom is -0.207 e. The van der Waals surface area contributed by atoms with Crippen molar-refractivity contribution in [3.05, 3.63) is 29.8 Å². The Morgan fingerprint density at radius 1 is 1.06 bits per heavy atom. The lowest BCUT2D eigenvalue weighted by Gasteiger charge is -2.25. The Labute approximate surface area is 110 Å². The highest BCUT2D eigenvalue weighted by Crippen LogP contribution is 2.31. The van der Waals surface area contributed by atoms with Crippen LogP contribution in [0.4, 0.5) is 0 Å². The maximum atomic E-state index is 12.6. The third kappa shape index (κ3) is 2.45. The van der Waals surface area contributed by atoms with Crippen LogP contribution >= 0.6 is 0 Å². The van der Waals surface area contributed by atoms with Crippen molar-refractivity contribution in [2.45, 2.75) is 43.9 Å². The van der Waals surface area contributed by atoms with Gasteiger partial charge in [-0.1, -0.05) is 39.0 Å². The average Bonchev–Trinajstić information content (AvgIpc) is 2.82. The van der Waals surface area contributed by atoms with Crippen LogP contribution < -0.4 is 0 Å². The molecule has 0 bridgehead atoms. The predicted octanol–water partition coefficient (Wildman–Crippen LogP) is 2.77. The van der Waals surface area contributed by atoms with Crippen molar-refractivity contribution in [1.29, 1.82) is 0 Å². The Hall–Kier alpha value is -0.870. The van der Waals surface area contributed by atoms with Crippen LogP contribution in [0.25, 0.3) is 0 Å². The second-order valence-corrected chi connectivity index (χ2v) is 7.76. The molecule has 1 aliphatic rings. The first kappa shape index (κ1) is 13.6. The highest BCUT2D eigenvalue weighted by Gasteiger charge is 2.31. The predicted molar refractivity (Wildman–Crippen MR) is 73.1 cm³/mol. The second kappa shape index (κ2) is 4.67. The van der Waals surface area contributed by atoms with Gasteiger partial charge >= 0.3 is 0 Å². The molecule has 1 fully saturated rings. The van der Waals surface area contributed by atoms with Crippen molar-refractivity contribution in [2.75, 3.05) is 13.1 Å². The number of benzene rings is 1. The normalized spacial score (nSPS) is 18.2. The Balaban J connectivity index is 2.51. The van der Waals surface area contributed by atoms with Gasteiger partial charge in [0.05, 0.1) is 4.90 Å². The zero-order valence-corrected chi connectivity index (χ0v) is 12.1. The molecule has 0 N–H and O–H groups in total. The van der Waals surface area contributed by atoms with Crippen LogP contribution in [-0.4, -0.2) is 25.8 Å². The summed E-state index contributed by atoms with van der Waals surface area (Å²) in [5.41, 5.74) is 0.737. The summed E-state index contributed by atoms with van der Waals surface area (Å²) in [6.45, 7) is 7.45. The monoisotopic (exact) mass is 267 g/mol. The highest BCUT2D eigenvalue weighted by molar-refractivity contribution is 7.89. The number of hydrogen-bond acceptors (Lipinski definition) is 2. The molecule has 18 heavy (non-hydrogen) atoms. The summed E-state index contributed by atoms with van der Waals surface area (Å²) in [7, 11) is -3.32. The van der Waals surface area contributed by atoms with Gasteiger partial charge in [0.2, 0.25) is 10.0 Å². The van der Waals surface area contributed by atoms with Gasteiger partial charge in [-0.2, -0.15) is 4.31 Å². The second-order valence-electron chi connectivity index (χ2n) is 5.86. The van der Waals surface area contributed by atoms with E-state index in [-0.39, 0.29) is 5.41 Å². The third-order valence-electron chi connectivity index (χ3n) is 3.38. The molecule has 4 heteroatoms. The maximum Gasteiger partial charge on any atom is 0.243 e. The fourth-order valence-electron chi connectivity index (χ4n) is 2.38. The minimum absolute atomic E-state index is 0.163. The van der Waals surface area contributed by atoms with Crippen molar-refractivity contribution in [2.24, 2.45) is 0 Å². The molecule has 2 rings (SSSR count). The van der Waals surface area contributed by atoms with E-state index in [0.717, 1.165) is 18.4 Å². The van der Waals surface area contributed by atoms with Crippen molar-refractivity contribution < 1.29 is 8.42 Å². The summed E-state index contributed by atoms with van der Waals surface area (Å²) in [5.74, 6) is 0. The standard InChI is InChI=1S/C14H21NO2S/c1-14(2,3)12-8-4-5-9-13(12)18(16,17)15-10-6-7-11-15/h4-5,8-9H,6-7,10-11H2,1-3H3. The minimum atomic E-state index is -3.32. The zero-order chi connectivity index (χ0) is 13.4. The van der Waals surface area contributed by atoms with E-state index in [1.54, 1.807) is 16.4 Å². The summed E-state index contributed by atoms with van der Waals surface area (Å²) in [6, 6.07) is 7.36. The number of sulfonamides is 1. The van der Waals surface area contributed by atoms with Gasteiger partial charge < -0.3 is 0 Å². The fraction of sp³-hybridized carbons (Fsp3) is 0.571. The van der Waals surface area contributed by atoms with E-state index in [1.165, 1.54) is 0 Å². The Morgan fingerprint density at radius 3 is 2.17 bits per heavy atom. The molecule has 3 nitrogen and oxygen atoms in total. The first-order chi connectivity index (χ1) is 8.33. The molecule has 100 valence electrons. The molecule has 0 spiro atoms. The van der Waals surface area contributed by atoms with Gasteiger partial charge in [-0.05, 0) is 29.9 Å². The van der Waals surface area contributed by atoms with Gasteiger partial charge in [0.25, 0.3) is 0 Å². The molecule has 1 aliphatic heterocycles. The van der Waals surface area contributed by atoms with E-state index >= 15 is 0 Å². The molecule has 0 aliphatic carbocycles. The Kier molecular flexibility index (Phi) is 3.52. The summed E-state index contributed by atoms with van der Waals surface area (Å²) in [5, 5.41) is 0. The van der Waals surface area contributed by atoms with Crippen molar-refractivity contribution in [1.82, 2.24) is 4.31 Å². The van der Waals surface area contributed by atoms with Gasteiger partial charge in [-0.3, -0.25) is 0 Å². The van der Waals surface area contributed by atoms with Crippen LogP contribution in [0, 0.1) is 0 Å². The maximum absolute atomic E-state index is 12.6. The quantitative estimate of drug-likeness (QED) is 0.826. The molecule has 1 saturated heterocycles. The Bertz CT molecular complexity index is 523. The smallest absolute Gasteiger partial charge is 0.207 e. The lowest BCUT2D eigenvalue weighted by Crippen LogP contribution is -2.30. The number of rotatable bonds is 2. The van der Waals surface area contributed by atoms with Gasteiger partial charge in [0, 0.05) is 13.1 Å². The molecular weight excluding hydrogens is 246 g/mol. The highest BCUT2D eigenvalue weighted by atomic mass is 32.2. The number of nitrogens with zero attached hydrogens (tertiary/aromatic N) is 1. The van der Waals surface area contributed by atoms with Crippen molar-refractivity contribution in [3.63, 3.8) is 0 Å². The average molecular weight is 267 g/mol. The lowest BCUT2D eigenvalue weighted by atomic mass is 9.87. The molecule has 0 aromatic heterocycles. The molecule has 0 radical (unpaired) electrons. The number of hydrogen-bond donors (Lipinski definition) is 0. The van der Waals surface area contributed by atoms with Crippen LogP contribution in [0.3, 0.4) is 0 Å². The molecule has 1 aromatic carbocycles. The van der Waals surface area contributed by atoms with E-state index in [1.807, 2.05) is 32.9 Å². The van der Waals surface area contributed by atoms with Crippen molar-refractivity contribution in [3.8, 4) is 0 Å². The summed E-state index contributed by atoms with van der Waals surface area (Å²) in [4.78, 5) is 0.472. The summed E-state index contributed by atoms with van der Waals surface area (Å²) >= 11 is 0. The van der Waals surface area contributed by atoms with Gasteiger partial charge in [-0.25, -0.2) is 8.42 Å². The van der Waals surface area contributed by atoms with Crippen LogP contribution in [0.15, 0.2) is 29.2 Å². The molecular formula is C14H21NO2S. The molecule has 1 heterocycles. The van der Waals surface area contributed by atoms with Crippen LogP contribution in [-0.2, 0) is 15.4 Å².